The van der Waals surface area contributed by atoms with Gasteiger partial charge in [0.05, 0.1) is 11.6 Å². The van der Waals surface area contributed by atoms with Gasteiger partial charge in [-0.2, -0.15) is 0 Å². The van der Waals surface area contributed by atoms with Gasteiger partial charge in [0, 0.05) is 11.6 Å². The first-order valence-corrected chi connectivity index (χ1v) is 8.35. The highest BCUT2D eigenvalue weighted by molar-refractivity contribution is 5.82. The van der Waals surface area contributed by atoms with E-state index in [0.29, 0.717) is 6.61 Å². The normalized spacial score (nSPS) is 17.5. The Kier molecular flexibility index (Phi) is 4.26. The van der Waals surface area contributed by atoms with Crippen molar-refractivity contribution < 1.29 is 4.74 Å². The molecule has 1 atom stereocenters. The van der Waals surface area contributed by atoms with Gasteiger partial charge in [-0.25, -0.2) is 0 Å². The third-order valence-corrected chi connectivity index (χ3v) is 4.39. The molecule has 2 aromatic carbocycles. The number of aromatic nitrogens is 1. The van der Waals surface area contributed by atoms with Crippen LogP contribution in [0.1, 0.15) is 18.0 Å². The smallest absolute Gasteiger partial charge is 0.119 e. The van der Waals surface area contributed by atoms with E-state index in [9.17, 15) is 0 Å². The topological polar surface area (TPSA) is 34.1 Å². The van der Waals surface area contributed by atoms with E-state index in [0.717, 1.165) is 24.2 Å². The van der Waals surface area contributed by atoms with Crippen LogP contribution in [0, 0.1) is 0 Å². The Labute approximate surface area is 142 Å². The summed E-state index contributed by atoms with van der Waals surface area (Å²) in [6.45, 7) is 1.56. The number of rotatable bonds is 4. The van der Waals surface area contributed by atoms with Gasteiger partial charge in [-0.05, 0) is 42.3 Å². The molecule has 1 aliphatic heterocycles. The summed E-state index contributed by atoms with van der Waals surface area (Å²) in [5, 5.41) is 4.80. The van der Waals surface area contributed by atoms with E-state index in [2.05, 4.69) is 40.6 Å². The molecule has 0 radical (unpaired) electrons. The molecule has 3 heteroatoms. The number of hydrogen-bond acceptors (Lipinski definition) is 3. The highest BCUT2D eigenvalue weighted by Crippen LogP contribution is 2.30. The molecule has 0 aliphatic carbocycles. The molecule has 24 heavy (non-hydrogen) atoms. The zero-order valence-corrected chi connectivity index (χ0v) is 13.5. The number of pyridine rings is 1. The quantitative estimate of drug-likeness (QED) is 0.730. The molecular weight excluding hydrogens is 296 g/mol. The molecule has 120 valence electrons. The molecule has 0 fully saturated rings. The van der Waals surface area contributed by atoms with Crippen molar-refractivity contribution in [2.45, 2.75) is 12.5 Å². The predicted molar refractivity (Wildman–Crippen MR) is 97.1 cm³/mol. The van der Waals surface area contributed by atoms with Gasteiger partial charge >= 0.3 is 0 Å². The lowest BCUT2D eigenvalue weighted by Crippen LogP contribution is -2.30. The lowest BCUT2D eigenvalue weighted by atomic mass is 9.93. The van der Waals surface area contributed by atoms with E-state index >= 15 is 0 Å². The van der Waals surface area contributed by atoms with Crippen LogP contribution in [0.3, 0.4) is 0 Å². The van der Waals surface area contributed by atoms with Gasteiger partial charge in [0.1, 0.15) is 12.4 Å². The summed E-state index contributed by atoms with van der Waals surface area (Å²) in [5.74, 6) is 0.902. The highest BCUT2D eigenvalue weighted by atomic mass is 16.5. The molecule has 2 heterocycles. The molecule has 3 nitrogen and oxygen atoms in total. The molecule has 0 saturated heterocycles. The summed E-state index contributed by atoms with van der Waals surface area (Å²) in [4.78, 5) is 4.60. The zero-order valence-electron chi connectivity index (χ0n) is 13.5. The van der Waals surface area contributed by atoms with Crippen LogP contribution in [0.15, 0.2) is 78.5 Å². The molecule has 0 amide bonds. The lowest BCUT2D eigenvalue weighted by molar-refractivity contribution is 0.333. The molecule has 4 rings (SSSR count). The van der Waals surface area contributed by atoms with Crippen LogP contribution < -0.4 is 10.1 Å². The second-order valence-corrected chi connectivity index (χ2v) is 5.98. The Morgan fingerprint density at radius 1 is 1.00 bits per heavy atom. The van der Waals surface area contributed by atoms with Crippen LogP contribution in [-0.2, 0) is 0 Å². The van der Waals surface area contributed by atoms with Crippen LogP contribution >= 0.6 is 0 Å². The average Bonchev–Trinajstić information content (AvgIpc) is 2.67. The molecule has 3 aromatic rings. The second-order valence-electron chi connectivity index (χ2n) is 5.98. The van der Waals surface area contributed by atoms with Crippen molar-refractivity contribution in [3.05, 3.63) is 84.1 Å². The van der Waals surface area contributed by atoms with Crippen molar-refractivity contribution in [3.8, 4) is 5.75 Å². The first-order chi connectivity index (χ1) is 11.9. The van der Waals surface area contributed by atoms with Gasteiger partial charge in [-0.15, -0.1) is 0 Å². The van der Waals surface area contributed by atoms with Crippen LogP contribution in [0.4, 0.5) is 0 Å². The highest BCUT2D eigenvalue weighted by Gasteiger charge is 2.22. The molecule has 0 bridgehead atoms. The lowest BCUT2D eigenvalue weighted by Gasteiger charge is -2.27. The van der Waals surface area contributed by atoms with Crippen LogP contribution in [0.25, 0.3) is 10.9 Å². The van der Waals surface area contributed by atoms with Crippen molar-refractivity contribution in [2.75, 3.05) is 13.2 Å². The van der Waals surface area contributed by atoms with Crippen LogP contribution in [0.2, 0.25) is 0 Å². The number of fused-ring (bicyclic) bond motifs is 1. The van der Waals surface area contributed by atoms with E-state index in [4.69, 9.17) is 4.74 Å². The number of benzene rings is 2. The Morgan fingerprint density at radius 3 is 2.79 bits per heavy atom. The monoisotopic (exact) mass is 316 g/mol. The van der Waals surface area contributed by atoms with Crippen molar-refractivity contribution >= 4 is 10.9 Å². The van der Waals surface area contributed by atoms with Gasteiger partial charge < -0.3 is 10.1 Å². The van der Waals surface area contributed by atoms with E-state index in [1.807, 2.05) is 42.6 Å². The number of ether oxygens (including phenoxy) is 1. The van der Waals surface area contributed by atoms with E-state index < -0.39 is 0 Å². The largest absolute Gasteiger partial charge is 0.489 e. The van der Waals surface area contributed by atoms with Crippen molar-refractivity contribution in [1.29, 1.82) is 0 Å². The van der Waals surface area contributed by atoms with E-state index in [-0.39, 0.29) is 6.04 Å². The van der Waals surface area contributed by atoms with Gasteiger partial charge in [-0.1, -0.05) is 48.5 Å². The maximum absolute atomic E-state index is 5.98. The van der Waals surface area contributed by atoms with Gasteiger partial charge in [0.2, 0.25) is 0 Å². The Hall–Kier alpha value is -2.65. The molecule has 1 aliphatic rings. The first kappa shape index (κ1) is 14.9. The number of nitrogens with one attached hydrogen (secondary N) is 1. The summed E-state index contributed by atoms with van der Waals surface area (Å²) >= 11 is 0. The van der Waals surface area contributed by atoms with Crippen molar-refractivity contribution in [1.82, 2.24) is 10.3 Å². The second kappa shape index (κ2) is 6.85. The Balaban J connectivity index is 1.63. The fraction of sp³-hybridized carbons (Fsp3) is 0.190. The maximum Gasteiger partial charge on any atom is 0.119 e. The van der Waals surface area contributed by atoms with Gasteiger partial charge in [-0.3, -0.25) is 4.98 Å². The SMILES string of the molecule is C1=C(COc2ccccc2)C(c2cccc3cccnc23)NCC1. The van der Waals surface area contributed by atoms with Gasteiger partial charge in [0.15, 0.2) is 0 Å². The van der Waals surface area contributed by atoms with Crippen LogP contribution in [0.5, 0.6) is 5.75 Å². The molecule has 0 spiro atoms. The standard InChI is InChI=1S/C21H20N2O/c1-2-10-18(11-3-1)24-15-17-9-6-14-23-21(17)19-12-4-7-16-8-5-13-22-20(16)19/h1-5,7-13,21,23H,6,14-15H2. The molecule has 1 aromatic heterocycles. The summed E-state index contributed by atoms with van der Waals surface area (Å²) in [7, 11) is 0. The predicted octanol–water partition coefficient (Wildman–Crippen LogP) is 4.27. The minimum atomic E-state index is 0.154. The molecule has 1 N–H and O–H groups in total. The van der Waals surface area contributed by atoms with Crippen molar-refractivity contribution in [2.24, 2.45) is 0 Å². The first-order valence-electron chi connectivity index (χ1n) is 8.35. The third kappa shape index (κ3) is 3.03. The Morgan fingerprint density at radius 2 is 1.88 bits per heavy atom. The minimum Gasteiger partial charge on any atom is -0.489 e. The van der Waals surface area contributed by atoms with Gasteiger partial charge in [0.25, 0.3) is 0 Å². The molecule has 1 unspecified atom stereocenters. The summed E-state index contributed by atoms with van der Waals surface area (Å²) in [6.07, 6.45) is 5.19. The number of nitrogens with zero attached hydrogens (tertiary/aromatic N) is 1. The van der Waals surface area contributed by atoms with Crippen molar-refractivity contribution in [3.63, 3.8) is 0 Å². The third-order valence-electron chi connectivity index (χ3n) is 4.39. The fourth-order valence-electron chi connectivity index (χ4n) is 3.23. The maximum atomic E-state index is 5.98. The molecular formula is C21H20N2O. The fourth-order valence-corrected chi connectivity index (χ4v) is 3.23. The molecule has 0 saturated carbocycles. The minimum absolute atomic E-state index is 0.154. The van der Waals surface area contributed by atoms with E-state index in [1.54, 1.807) is 0 Å². The average molecular weight is 316 g/mol. The number of para-hydroxylation sites is 2. The van der Waals surface area contributed by atoms with Crippen LogP contribution in [-0.4, -0.2) is 18.1 Å². The summed E-state index contributed by atoms with van der Waals surface area (Å²) in [6, 6.07) is 20.6. The Bertz CT molecular complexity index is 853. The van der Waals surface area contributed by atoms with E-state index in [1.165, 1.54) is 16.5 Å². The summed E-state index contributed by atoms with van der Waals surface area (Å²) < 4.78 is 5.98. The number of hydrogen-bond donors (Lipinski definition) is 1. The zero-order chi connectivity index (χ0) is 16.2. The summed E-state index contributed by atoms with van der Waals surface area (Å²) in [5.41, 5.74) is 3.55.